The molecule has 1 fully saturated rings. The maximum absolute atomic E-state index is 8.74. The molecular formula is C13H18N4. The molecule has 90 valence electrons. The highest BCUT2D eigenvalue weighted by Crippen LogP contribution is 2.22. The molecule has 1 saturated heterocycles. The zero-order chi connectivity index (χ0) is 12.1. The molecule has 1 aromatic rings. The summed E-state index contributed by atoms with van der Waals surface area (Å²) in [5, 5.41) is 8.74. The van der Waals surface area contributed by atoms with E-state index in [2.05, 4.69) is 27.9 Å². The summed E-state index contributed by atoms with van der Waals surface area (Å²) in [4.78, 5) is 11.0. The largest absolute Gasteiger partial charge is 0.341 e. The number of hydrogen-bond donors (Lipinski definition) is 0. The van der Waals surface area contributed by atoms with E-state index in [-0.39, 0.29) is 0 Å². The maximum atomic E-state index is 8.74. The Morgan fingerprint density at radius 1 is 1.47 bits per heavy atom. The number of anilines is 1. The van der Waals surface area contributed by atoms with Gasteiger partial charge in [0.05, 0.1) is 6.07 Å². The van der Waals surface area contributed by atoms with Gasteiger partial charge >= 0.3 is 0 Å². The van der Waals surface area contributed by atoms with Gasteiger partial charge in [-0.05, 0) is 30.7 Å². The predicted octanol–water partition coefficient (Wildman–Crippen LogP) is 2.17. The average molecular weight is 230 g/mol. The number of aryl methyl sites for hydroxylation is 1. The van der Waals surface area contributed by atoms with Crippen LogP contribution in [0.4, 0.5) is 5.95 Å². The molecule has 1 unspecified atom stereocenters. The van der Waals surface area contributed by atoms with Crippen molar-refractivity contribution in [1.29, 1.82) is 5.26 Å². The fraction of sp³-hybridized carbons (Fsp3) is 0.615. The highest BCUT2D eigenvalue weighted by molar-refractivity contribution is 5.30. The lowest BCUT2D eigenvalue weighted by molar-refractivity contribution is 0.418. The van der Waals surface area contributed by atoms with Gasteiger partial charge in [-0.25, -0.2) is 9.97 Å². The maximum Gasteiger partial charge on any atom is 0.225 e. The molecular weight excluding hydrogens is 212 g/mol. The van der Waals surface area contributed by atoms with Crippen molar-refractivity contribution in [1.82, 2.24) is 9.97 Å². The molecule has 1 atom stereocenters. The smallest absolute Gasteiger partial charge is 0.225 e. The van der Waals surface area contributed by atoms with Crippen LogP contribution in [-0.4, -0.2) is 23.1 Å². The number of hydrogen-bond acceptors (Lipinski definition) is 4. The molecule has 0 radical (unpaired) electrons. The van der Waals surface area contributed by atoms with Gasteiger partial charge in [0.15, 0.2) is 0 Å². The molecule has 17 heavy (non-hydrogen) atoms. The molecule has 0 aliphatic carbocycles. The van der Waals surface area contributed by atoms with Crippen molar-refractivity contribution in [2.24, 2.45) is 5.92 Å². The lowest BCUT2D eigenvalue weighted by Gasteiger charge is -2.31. The van der Waals surface area contributed by atoms with Crippen LogP contribution < -0.4 is 4.90 Å². The molecule has 0 N–H and O–H groups in total. The van der Waals surface area contributed by atoms with Crippen molar-refractivity contribution in [2.75, 3.05) is 18.0 Å². The topological polar surface area (TPSA) is 52.8 Å². The fourth-order valence-corrected chi connectivity index (χ4v) is 2.24. The Hall–Kier alpha value is -1.63. The second-order valence-electron chi connectivity index (χ2n) is 4.56. The van der Waals surface area contributed by atoms with E-state index in [1.165, 1.54) is 5.56 Å². The zero-order valence-electron chi connectivity index (χ0n) is 10.3. The summed E-state index contributed by atoms with van der Waals surface area (Å²) in [7, 11) is 0. The standard InChI is InChI=1S/C13H18N4/c1-2-11-8-15-13(16-9-11)17-7-3-4-12(10-17)5-6-14/h8-9,12H,2-5,7,10H2,1H3. The third-order valence-electron chi connectivity index (χ3n) is 3.28. The van der Waals surface area contributed by atoms with Gasteiger partial charge in [-0.2, -0.15) is 5.26 Å². The summed E-state index contributed by atoms with van der Waals surface area (Å²) in [5.41, 5.74) is 1.17. The average Bonchev–Trinajstić information content (AvgIpc) is 2.40. The van der Waals surface area contributed by atoms with E-state index >= 15 is 0 Å². The van der Waals surface area contributed by atoms with Gasteiger partial charge in [0.25, 0.3) is 0 Å². The van der Waals surface area contributed by atoms with E-state index in [4.69, 9.17) is 5.26 Å². The molecule has 0 saturated carbocycles. The van der Waals surface area contributed by atoms with E-state index in [1.807, 2.05) is 12.4 Å². The normalized spacial score (nSPS) is 20.0. The zero-order valence-corrected chi connectivity index (χ0v) is 10.3. The molecule has 0 bridgehead atoms. The summed E-state index contributed by atoms with van der Waals surface area (Å²) < 4.78 is 0. The minimum absolute atomic E-state index is 0.475. The number of nitrogens with zero attached hydrogens (tertiary/aromatic N) is 4. The van der Waals surface area contributed by atoms with E-state index in [0.717, 1.165) is 38.3 Å². The van der Waals surface area contributed by atoms with Crippen LogP contribution in [-0.2, 0) is 6.42 Å². The van der Waals surface area contributed by atoms with E-state index in [9.17, 15) is 0 Å². The molecule has 4 heteroatoms. The first-order chi connectivity index (χ1) is 8.33. The van der Waals surface area contributed by atoms with Crippen LogP contribution in [0.3, 0.4) is 0 Å². The van der Waals surface area contributed by atoms with Crippen LogP contribution in [0, 0.1) is 17.2 Å². The van der Waals surface area contributed by atoms with Gasteiger partial charge in [0.1, 0.15) is 0 Å². The summed E-state index contributed by atoms with van der Waals surface area (Å²) in [6.07, 6.45) is 7.69. The highest BCUT2D eigenvalue weighted by atomic mass is 15.2. The predicted molar refractivity (Wildman–Crippen MR) is 66.6 cm³/mol. The van der Waals surface area contributed by atoms with Crippen molar-refractivity contribution in [2.45, 2.75) is 32.6 Å². The molecule has 2 heterocycles. The number of aromatic nitrogens is 2. The van der Waals surface area contributed by atoms with Gasteiger partial charge in [-0.1, -0.05) is 6.92 Å². The minimum atomic E-state index is 0.475. The Labute approximate surface area is 102 Å². The number of piperidine rings is 1. The molecule has 0 spiro atoms. The third kappa shape index (κ3) is 2.94. The van der Waals surface area contributed by atoms with E-state index in [1.54, 1.807) is 0 Å². The summed E-state index contributed by atoms with van der Waals surface area (Å²) in [6.45, 7) is 4.02. The van der Waals surface area contributed by atoms with E-state index < -0.39 is 0 Å². The number of rotatable bonds is 3. The lowest BCUT2D eigenvalue weighted by atomic mass is 9.96. The first-order valence-electron chi connectivity index (χ1n) is 6.26. The van der Waals surface area contributed by atoms with Crippen molar-refractivity contribution in [3.63, 3.8) is 0 Å². The van der Waals surface area contributed by atoms with Crippen LogP contribution in [0.15, 0.2) is 12.4 Å². The van der Waals surface area contributed by atoms with Crippen molar-refractivity contribution < 1.29 is 0 Å². The Morgan fingerprint density at radius 3 is 2.88 bits per heavy atom. The van der Waals surface area contributed by atoms with Crippen molar-refractivity contribution in [3.05, 3.63) is 18.0 Å². The molecule has 4 nitrogen and oxygen atoms in total. The Balaban J connectivity index is 2.03. The second kappa shape index (κ2) is 5.62. The van der Waals surface area contributed by atoms with Gasteiger partial charge in [0, 0.05) is 31.9 Å². The van der Waals surface area contributed by atoms with Gasteiger partial charge in [-0.3, -0.25) is 0 Å². The van der Waals surface area contributed by atoms with Crippen LogP contribution in [0.5, 0.6) is 0 Å². The van der Waals surface area contributed by atoms with E-state index in [0.29, 0.717) is 12.3 Å². The molecule has 1 aliphatic rings. The summed E-state index contributed by atoms with van der Waals surface area (Å²) in [5.74, 6) is 1.29. The monoisotopic (exact) mass is 230 g/mol. The fourth-order valence-electron chi connectivity index (χ4n) is 2.24. The SMILES string of the molecule is CCc1cnc(N2CCCC(CC#N)C2)nc1. The molecule has 1 aromatic heterocycles. The second-order valence-corrected chi connectivity index (χ2v) is 4.56. The lowest BCUT2D eigenvalue weighted by Crippen LogP contribution is -2.36. The van der Waals surface area contributed by atoms with Gasteiger partial charge in [-0.15, -0.1) is 0 Å². The third-order valence-corrected chi connectivity index (χ3v) is 3.28. The quantitative estimate of drug-likeness (QED) is 0.798. The summed E-state index contributed by atoms with van der Waals surface area (Å²) >= 11 is 0. The Morgan fingerprint density at radius 2 is 2.24 bits per heavy atom. The molecule has 1 aliphatic heterocycles. The van der Waals surface area contributed by atoms with Crippen LogP contribution in [0.25, 0.3) is 0 Å². The van der Waals surface area contributed by atoms with Crippen molar-refractivity contribution >= 4 is 5.95 Å². The van der Waals surface area contributed by atoms with Crippen molar-refractivity contribution in [3.8, 4) is 6.07 Å². The minimum Gasteiger partial charge on any atom is -0.341 e. The summed E-state index contributed by atoms with van der Waals surface area (Å²) in [6, 6.07) is 2.26. The highest BCUT2D eigenvalue weighted by Gasteiger charge is 2.21. The van der Waals surface area contributed by atoms with Crippen LogP contribution in [0.1, 0.15) is 31.7 Å². The molecule has 0 aromatic carbocycles. The molecule has 0 amide bonds. The molecule has 2 rings (SSSR count). The van der Waals surface area contributed by atoms with Crippen LogP contribution >= 0.6 is 0 Å². The van der Waals surface area contributed by atoms with Gasteiger partial charge < -0.3 is 4.90 Å². The first-order valence-corrected chi connectivity index (χ1v) is 6.26. The Kier molecular flexibility index (Phi) is 3.92. The van der Waals surface area contributed by atoms with Crippen LogP contribution in [0.2, 0.25) is 0 Å². The first kappa shape index (κ1) is 11.8. The number of nitriles is 1. The van der Waals surface area contributed by atoms with Gasteiger partial charge in [0.2, 0.25) is 5.95 Å². The Bertz CT molecular complexity index is 393.